The summed E-state index contributed by atoms with van der Waals surface area (Å²) in [5, 5.41) is 11.5. The van der Waals surface area contributed by atoms with E-state index >= 15 is 0 Å². The molecule has 0 aliphatic rings. The maximum absolute atomic E-state index is 13.3. The first-order valence-electron chi connectivity index (χ1n) is 5.23. The molecule has 0 spiro atoms. The van der Waals surface area contributed by atoms with Crippen molar-refractivity contribution in [2.75, 3.05) is 5.32 Å². The quantitative estimate of drug-likeness (QED) is 0.904. The summed E-state index contributed by atoms with van der Waals surface area (Å²) in [5.74, 6) is -0.462. The number of rotatable bonds is 3. The molecule has 0 aliphatic carbocycles. The summed E-state index contributed by atoms with van der Waals surface area (Å²) < 4.78 is 26.2. The zero-order valence-electron chi connectivity index (χ0n) is 9.32. The zero-order chi connectivity index (χ0) is 13.0. The standard InChI is InChI=1S/C13H9F2N3/c14-11-2-3-12(15)10(5-11)8-18-13-4-1-9(6-16)7-17-13/h1-5,7H,8H2,(H,17,18). The van der Waals surface area contributed by atoms with Crippen molar-refractivity contribution in [2.24, 2.45) is 0 Å². The third-order valence-corrected chi connectivity index (χ3v) is 2.36. The lowest BCUT2D eigenvalue weighted by Crippen LogP contribution is -2.03. The van der Waals surface area contributed by atoms with Gasteiger partial charge >= 0.3 is 0 Å². The second-order valence-corrected chi connectivity index (χ2v) is 3.63. The summed E-state index contributed by atoms with van der Waals surface area (Å²) in [4.78, 5) is 3.97. The Kier molecular flexibility index (Phi) is 3.49. The number of aromatic nitrogens is 1. The van der Waals surface area contributed by atoms with E-state index in [1.165, 1.54) is 6.20 Å². The summed E-state index contributed by atoms with van der Waals surface area (Å²) in [6, 6.07) is 8.43. The highest BCUT2D eigenvalue weighted by atomic mass is 19.1. The van der Waals surface area contributed by atoms with Crippen LogP contribution >= 0.6 is 0 Å². The van der Waals surface area contributed by atoms with Crippen LogP contribution in [0.2, 0.25) is 0 Å². The van der Waals surface area contributed by atoms with E-state index in [-0.39, 0.29) is 12.1 Å². The van der Waals surface area contributed by atoms with Gasteiger partial charge in [-0.2, -0.15) is 5.26 Å². The van der Waals surface area contributed by atoms with Gasteiger partial charge in [-0.1, -0.05) is 0 Å². The lowest BCUT2D eigenvalue weighted by atomic mass is 10.2. The highest BCUT2D eigenvalue weighted by Crippen LogP contribution is 2.12. The minimum atomic E-state index is -0.485. The van der Waals surface area contributed by atoms with Crippen LogP contribution < -0.4 is 5.32 Å². The Morgan fingerprint density at radius 3 is 2.72 bits per heavy atom. The van der Waals surface area contributed by atoms with Gasteiger partial charge in [0.2, 0.25) is 0 Å². The molecular formula is C13H9F2N3. The Morgan fingerprint density at radius 2 is 2.06 bits per heavy atom. The van der Waals surface area contributed by atoms with E-state index in [0.717, 1.165) is 18.2 Å². The number of nitriles is 1. The first-order valence-corrected chi connectivity index (χ1v) is 5.23. The van der Waals surface area contributed by atoms with E-state index < -0.39 is 11.6 Å². The van der Waals surface area contributed by atoms with Crippen LogP contribution in [0.4, 0.5) is 14.6 Å². The SMILES string of the molecule is N#Cc1ccc(NCc2cc(F)ccc2F)nc1. The van der Waals surface area contributed by atoms with Gasteiger partial charge in [0, 0.05) is 18.3 Å². The number of pyridine rings is 1. The van der Waals surface area contributed by atoms with Crippen molar-refractivity contribution in [1.82, 2.24) is 4.98 Å². The van der Waals surface area contributed by atoms with Gasteiger partial charge in [0.1, 0.15) is 23.5 Å². The Morgan fingerprint density at radius 1 is 1.22 bits per heavy atom. The summed E-state index contributed by atoms with van der Waals surface area (Å²) in [6.45, 7) is 0.127. The number of hydrogen-bond acceptors (Lipinski definition) is 3. The fraction of sp³-hybridized carbons (Fsp3) is 0.0769. The predicted molar refractivity (Wildman–Crippen MR) is 62.6 cm³/mol. The van der Waals surface area contributed by atoms with Gasteiger partial charge in [0.25, 0.3) is 0 Å². The largest absolute Gasteiger partial charge is 0.366 e. The lowest BCUT2D eigenvalue weighted by Gasteiger charge is -2.06. The molecule has 0 radical (unpaired) electrons. The van der Waals surface area contributed by atoms with Gasteiger partial charge in [0.15, 0.2) is 0 Å². The van der Waals surface area contributed by atoms with E-state index in [2.05, 4.69) is 10.3 Å². The first kappa shape index (κ1) is 12.0. The molecule has 5 heteroatoms. The monoisotopic (exact) mass is 245 g/mol. The maximum Gasteiger partial charge on any atom is 0.128 e. The Bertz CT molecular complexity index is 588. The summed E-state index contributed by atoms with van der Waals surface area (Å²) in [5.41, 5.74) is 0.665. The van der Waals surface area contributed by atoms with Crippen molar-refractivity contribution in [3.05, 3.63) is 59.3 Å². The summed E-state index contributed by atoms with van der Waals surface area (Å²) in [7, 11) is 0. The van der Waals surface area contributed by atoms with Crippen molar-refractivity contribution in [1.29, 1.82) is 5.26 Å². The number of anilines is 1. The molecule has 0 atom stereocenters. The fourth-order valence-electron chi connectivity index (χ4n) is 1.43. The van der Waals surface area contributed by atoms with Crippen molar-refractivity contribution >= 4 is 5.82 Å². The van der Waals surface area contributed by atoms with Gasteiger partial charge < -0.3 is 5.32 Å². The number of halogens is 2. The summed E-state index contributed by atoms with van der Waals surface area (Å²) in [6.07, 6.45) is 1.41. The van der Waals surface area contributed by atoms with Crippen LogP contribution in [0.15, 0.2) is 36.5 Å². The third kappa shape index (κ3) is 2.80. The Balaban J connectivity index is 2.07. The van der Waals surface area contributed by atoms with Crippen molar-refractivity contribution < 1.29 is 8.78 Å². The third-order valence-electron chi connectivity index (χ3n) is 2.36. The van der Waals surface area contributed by atoms with Crippen LogP contribution in [0.1, 0.15) is 11.1 Å². The van der Waals surface area contributed by atoms with E-state index in [1.807, 2.05) is 6.07 Å². The first-order chi connectivity index (χ1) is 8.69. The molecule has 90 valence electrons. The number of benzene rings is 1. The fourth-order valence-corrected chi connectivity index (χ4v) is 1.43. The molecule has 1 aromatic carbocycles. The zero-order valence-corrected chi connectivity index (χ0v) is 9.32. The van der Waals surface area contributed by atoms with Crippen LogP contribution in [0, 0.1) is 23.0 Å². The van der Waals surface area contributed by atoms with Crippen LogP contribution in [0.3, 0.4) is 0 Å². The van der Waals surface area contributed by atoms with E-state index in [4.69, 9.17) is 5.26 Å². The van der Waals surface area contributed by atoms with Crippen molar-refractivity contribution in [3.8, 4) is 6.07 Å². The average molecular weight is 245 g/mol. The van der Waals surface area contributed by atoms with Gasteiger partial charge in [-0.05, 0) is 30.3 Å². The molecule has 0 aliphatic heterocycles. The van der Waals surface area contributed by atoms with E-state index in [9.17, 15) is 8.78 Å². The molecule has 0 saturated heterocycles. The van der Waals surface area contributed by atoms with Crippen LogP contribution in [0.5, 0.6) is 0 Å². The molecule has 3 nitrogen and oxygen atoms in total. The van der Waals surface area contributed by atoms with Gasteiger partial charge in [-0.15, -0.1) is 0 Å². The van der Waals surface area contributed by atoms with Crippen molar-refractivity contribution in [2.45, 2.75) is 6.54 Å². The lowest BCUT2D eigenvalue weighted by molar-refractivity contribution is 0.587. The molecule has 0 bridgehead atoms. The normalized spacial score (nSPS) is 9.83. The Labute approximate surface area is 103 Å². The molecule has 0 saturated carbocycles. The van der Waals surface area contributed by atoms with Crippen molar-refractivity contribution in [3.63, 3.8) is 0 Å². The number of nitrogens with zero attached hydrogens (tertiary/aromatic N) is 2. The molecule has 0 fully saturated rings. The van der Waals surface area contributed by atoms with E-state index in [0.29, 0.717) is 11.4 Å². The second kappa shape index (κ2) is 5.23. The molecule has 2 rings (SSSR count). The molecule has 0 unspecified atom stereocenters. The highest BCUT2D eigenvalue weighted by molar-refractivity contribution is 5.39. The maximum atomic E-state index is 13.3. The molecule has 2 aromatic rings. The van der Waals surface area contributed by atoms with E-state index in [1.54, 1.807) is 12.1 Å². The van der Waals surface area contributed by atoms with Crippen LogP contribution in [-0.4, -0.2) is 4.98 Å². The van der Waals surface area contributed by atoms with Gasteiger partial charge in [-0.25, -0.2) is 13.8 Å². The van der Waals surface area contributed by atoms with Crippen LogP contribution in [-0.2, 0) is 6.54 Å². The summed E-state index contributed by atoms with van der Waals surface area (Å²) >= 11 is 0. The second-order valence-electron chi connectivity index (χ2n) is 3.63. The predicted octanol–water partition coefficient (Wildman–Crippen LogP) is 2.84. The molecule has 1 N–H and O–H groups in total. The minimum absolute atomic E-state index is 0.127. The minimum Gasteiger partial charge on any atom is -0.366 e. The highest BCUT2D eigenvalue weighted by Gasteiger charge is 2.04. The smallest absolute Gasteiger partial charge is 0.128 e. The van der Waals surface area contributed by atoms with Crippen LogP contribution in [0.25, 0.3) is 0 Å². The topological polar surface area (TPSA) is 48.7 Å². The van der Waals surface area contributed by atoms with Gasteiger partial charge in [0.05, 0.1) is 5.56 Å². The Hall–Kier alpha value is -2.48. The molecular weight excluding hydrogens is 236 g/mol. The number of nitrogens with one attached hydrogen (secondary N) is 1. The molecule has 18 heavy (non-hydrogen) atoms. The molecule has 0 amide bonds. The molecule has 1 aromatic heterocycles. The average Bonchev–Trinajstić information content (AvgIpc) is 2.40. The molecule has 1 heterocycles. The van der Waals surface area contributed by atoms with Gasteiger partial charge in [-0.3, -0.25) is 0 Å². The number of hydrogen-bond donors (Lipinski definition) is 1.